The van der Waals surface area contributed by atoms with Gasteiger partial charge in [0.15, 0.2) is 11.6 Å². The van der Waals surface area contributed by atoms with Crippen molar-refractivity contribution in [1.82, 2.24) is 14.9 Å². The Labute approximate surface area is 143 Å². The molecule has 0 bridgehead atoms. The van der Waals surface area contributed by atoms with Crippen molar-refractivity contribution >= 4 is 5.82 Å². The average Bonchev–Trinajstić information content (AvgIpc) is 3.28. The van der Waals surface area contributed by atoms with Gasteiger partial charge in [-0.2, -0.15) is 4.98 Å². The van der Waals surface area contributed by atoms with E-state index in [-0.39, 0.29) is 17.9 Å². The summed E-state index contributed by atoms with van der Waals surface area (Å²) in [6.07, 6.45) is 9.57. The van der Waals surface area contributed by atoms with Gasteiger partial charge < -0.3 is 9.64 Å². The average molecular weight is 334 g/mol. The van der Waals surface area contributed by atoms with Gasteiger partial charge in [-0.15, -0.1) is 6.58 Å². The van der Waals surface area contributed by atoms with Gasteiger partial charge in [-0.1, -0.05) is 6.08 Å². The van der Waals surface area contributed by atoms with Crippen LogP contribution in [0.2, 0.25) is 0 Å². The Kier molecular flexibility index (Phi) is 6.01. The molecule has 0 radical (unpaired) electrons. The minimum atomic E-state index is -0.369. The molecule has 2 fully saturated rings. The number of halogens is 1. The zero-order valence-electron chi connectivity index (χ0n) is 14.3. The van der Waals surface area contributed by atoms with Crippen LogP contribution >= 0.6 is 0 Å². The van der Waals surface area contributed by atoms with Crippen LogP contribution in [-0.2, 0) is 0 Å². The molecule has 1 atom stereocenters. The quantitative estimate of drug-likeness (QED) is 0.684. The van der Waals surface area contributed by atoms with Crippen molar-refractivity contribution in [3.63, 3.8) is 0 Å². The maximum absolute atomic E-state index is 14.0. The zero-order valence-corrected chi connectivity index (χ0v) is 14.3. The lowest BCUT2D eigenvalue weighted by Gasteiger charge is -2.24. The Hall–Kier alpha value is -1.69. The van der Waals surface area contributed by atoms with E-state index in [2.05, 4.69) is 21.4 Å². The topological polar surface area (TPSA) is 41.5 Å². The summed E-state index contributed by atoms with van der Waals surface area (Å²) in [6, 6.07) is 0.284. The molecule has 2 aliphatic rings. The number of hydrogen-bond donors (Lipinski definition) is 0. The van der Waals surface area contributed by atoms with Gasteiger partial charge in [0.05, 0.1) is 6.20 Å². The van der Waals surface area contributed by atoms with Crippen molar-refractivity contribution in [2.24, 2.45) is 0 Å². The molecule has 2 saturated heterocycles. The number of hydrogen-bond acceptors (Lipinski definition) is 5. The molecule has 2 aliphatic heterocycles. The Morgan fingerprint density at radius 3 is 2.62 bits per heavy atom. The molecule has 3 rings (SSSR count). The number of aromatic nitrogens is 2. The van der Waals surface area contributed by atoms with E-state index in [9.17, 15) is 4.39 Å². The number of ether oxygens (including phenoxy) is 1. The first kappa shape index (κ1) is 17.1. The number of allylic oxidation sites excluding steroid dienone is 1. The Bertz CT molecular complexity index is 542. The lowest BCUT2D eigenvalue weighted by Crippen LogP contribution is -2.34. The van der Waals surface area contributed by atoms with Crippen LogP contribution in [0.5, 0.6) is 6.01 Å². The van der Waals surface area contributed by atoms with E-state index in [1.54, 1.807) is 0 Å². The molecular formula is C18H27FN4O. The molecule has 1 aromatic rings. The van der Waals surface area contributed by atoms with Crippen molar-refractivity contribution in [3.8, 4) is 6.01 Å². The molecular weight excluding hydrogens is 307 g/mol. The van der Waals surface area contributed by atoms with Gasteiger partial charge in [-0.25, -0.2) is 9.37 Å². The van der Waals surface area contributed by atoms with Gasteiger partial charge in [0.1, 0.15) is 6.10 Å². The van der Waals surface area contributed by atoms with Gasteiger partial charge in [0.25, 0.3) is 0 Å². The van der Waals surface area contributed by atoms with Crippen LogP contribution < -0.4 is 9.64 Å². The van der Waals surface area contributed by atoms with E-state index in [1.807, 2.05) is 11.0 Å². The van der Waals surface area contributed by atoms with Crippen LogP contribution in [0.15, 0.2) is 18.9 Å². The normalized spacial score (nSPS) is 19.6. The summed E-state index contributed by atoms with van der Waals surface area (Å²) < 4.78 is 20.1. The van der Waals surface area contributed by atoms with E-state index in [1.165, 1.54) is 19.0 Å². The van der Waals surface area contributed by atoms with Gasteiger partial charge in [0.2, 0.25) is 0 Å². The summed E-state index contributed by atoms with van der Waals surface area (Å²) in [7, 11) is 0. The predicted octanol–water partition coefficient (Wildman–Crippen LogP) is 3.03. The second-order valence-corrected chi connectivity index (χ2v) is 6.63. The maximum Gasteiger partial charge on any atom is 0.318 e. The Morgan fingerprint density at radius 2 is 1.92 bits per heavy atom. The Balaban J connectivity index is 1.68. The van der Waals surface area contributed by atoms with Gasteiger partial charge in [0, 0.05) is 19.6 Å². The third-order valence-electron chi connectivity index (χ3n) is 4.73. The first-order valence-electron chi connectivity index (χ1n) is 9.03. The highest BCUT2D eigenvalue weighted by atomic mass is 19.1. The monoisotopic (exact) mass is 334 g/mol. The molecule has 6 heteroatoms. The molecule has 0 aromatic carbocycles. The summed E-state index contributed by atoms with van der Waals surface area (Å²) in [6.45, 7) is 8.60. The van der Waals surface area contributed by atoms with E-state index < -0.39 is 0 Å². The molecule has 132 valence electrons. The van der Waals surface area contributed by atoms with Crippen molar-refractivity contribution in [2.45, 2.75) is 44.6 Å². The SMILES string of the molecule is C=CCCC(CN1CCCC1)Oc1ncc(F)c(N2CCCC2)n1. The fourth-order valence-corrected chi connectivity index (χ4v) is 3.44. The second kappa shape index (κ2) is 8.42. The van der Waals surface area contributed by atoms with Crippen molar-refractivity contribution in [3.05, 3.63) is 24.7 Å². The van der Waals surface area contributed by atoms with Gasteiger partial charge >= 0.3 is 6.01 Å². The number of rotatable bonds is 8. The lowest BCUT2D eigenvalue weighted by molar-refractivity contribution is 0.128. The summed E-state index contributed by atoms with van der Waals surface area (Å²) in [5.41, 5.74) is 0. The molecule has 3 heterocycles. The van der Waals surface area contributed by atoms with Crippen LogP contribution in [0.4, 0.5) is 10.2 Å². The summed E-state index contributed by atoms with van der Waals surface area (Å²) in [4.78, 5) is 12.8. The predicted molar refractivity (Wildman–Crippen MR) is 93.0 cm³/mol. The summed E-state index contributed by atoms with van der Waals surface area (Å²) >= 11 is 0. The van der Waals surface area contributed by atoms with Crippen LogP contribution in [0, 0.1) is 5.82 Å². The highest BCUT2D eigenvalue weighted by molar-refractivity contribution is 5.40. The fraction of sp³-hybridized carbons (Fsp3) is 0.667. The maximum atomic E-state index is 14.0. The third kappa shape index (κ3) is 4.44. The van der Waals surface area contributed by atoms with Crippen molar-refractivity contribution in [2.75, 3.05) is 37.6 Å². The minimum absolute atomic E-state index is 0.0120. The standard InChI is InChI=1S/C18H27FN4O/c1-2-3-8-15(14-22-9-4-5-10-22)24-18-20-13-16(19)17(21-18)23-11-6-7-12-23/h2,13,15H,1,3-12,14H2. The molecule has 24 heavy (non-hydrogen) atoms. The van der Waals surface area contributed by atoms with Crippen LogP contribution in [0.25, 0.3) is 0 Å². The molecule has 0 spiro atoms. The first-order chi connectivity index (χ1) is 11.8. The van der Waals surface area contributed by atoms with Crippen molar-refractivity contribution in [1.29, 1.82) is 0 Å². The van der Waals surface area contributed by atoms with E-state index in [0.29, 0.717) is 5.82 Å². The molecule has 0 aliphatic carbocycles. The van der Waals surface area contributed by atoms with Gasteiger partial charge in [-0.3, -0.25) is 4.90 Å². The van der Waals surface area contributed by atoms with Crippen LogP contribution in [0.1, 0.15) is 38.5 Å². The number of likely N-dealkylation sites (tertiary alicyclic amines) is 1. The van der Waals surface area contributed by atoms with Crippen LogP contribution in [0.3, 0.4) is 0 Å². The fourth-order valence-electron chi connectivity index (χ4n) is 3.44. The second-order valence-electron chi connectivity index (χ2n) is 6.63. The van der Waals surface area contributed by atoms with E-state index in [4.69, 9.17) is 4.74 Å². The first-order valence-corrected chi connectivity index (χ1v) is 9.03. The Morgan fingerprint density at radius 1 is 1.21 bits per heavy atom. The van der Waals surface area contributed by atoms with E-state index in [0.717, 1.165) is 58.4 Å². The lowest BCUT2D eigenvalue weighted by atomic mass is 10.2. The minimum Gasteiger partial charge on any atom is -0.459 e. The third-order valence-corrected chi connectivity index (χ3v) is 4.73. The molecule has 0 amide bonds. The molecule has 0 N–H and O–H groups in total. The number of nitrogens with zero attached hydrogens (tertiary/aromatic N) is 4. The number of anilines is 1. The smallest absolute Gasteiger partial charge is 0.318 e. The molecule has 1 unspecified atom stereocenters. The highest BCUT2D eigenvalue weighted by Crippen LogP contribution is 2.23. The highest BCUT2D eigenvalue weighted by Gasteiger charge is 2.22. The zero-order chi connectivity index (χ0) is 16.8. The summed E-state index contributed by atoms with van der Waals surface area (Å²) in [5, 5.41) is 0. The molecule has 5 nitrogen and oxygen atoms in total. The van der Waals surface area contributed by atoms with Crippen LogP contribution in [-0.4, -0.2) is 53.7 Å². The molecule has 0 saturated carbocycles. The van der Waals surface area contributed by atoms with Gasteiger partial charge in [-0.05, 0) is 51.6 Å². The summed E-state index contributed by atoms with van der Waals surface area (Å²) in [5.74, 6) is 0.00702. The van der Waals surface area contributed by atoms with E-state index >= 15 is 0 Å². The largest absolute Gasteiger partial charge is 0.459 e. The molecule has 1 aromatic heterocycles. The van der Waals surface area contributed by atoms with Crippen molar-refractivity contribution < 1.29 is 9.13 Å².